The third-order valence-corrected chi connectivity index (χ3v) is 7.87. The number of anilines is 2. The number of hydrogen-bond acceptors (Lipinski definition) is 5. The number of guanidine groups is 1. The predicted octanol–water partition coefficient (Wildman–Crippen LogP) is 7.57. The normalized spacial score (nSPS) is 15.5. The summed E-state index contributed by atoms with van der Waals surface area (Å²) < 4.78 is 8.89. The summed E-state index contributed by atoms with van der Waals surface area (Å²) in [6.45, 7) is 2.77. The van der Waals surface area contributed by atoms with Crippen LogP contribution in [0.3, 0.4) is 0 Å². The first-order chi connectivity index (χ1) is 19.1. The van der Waals surface area contributed by atoms with Crippen LogP contribution in [0, 0.1) is 6.92 Å². The van der Waals surface area contributed by atoms with Gasteiger partial charge in [-0.3, -0.25) is 4.90 Å². The number of fused-ring (bicyclic) bond motifs is 4. The zero-order chi connectivity index (χ0) is 26.5. The molecule has 7 heteroatoms. The molecule has 3 heterocycles. The highest BCUT2D eigenvalue weighted by Gasteiger charge is 2.45. The largest absolute Gasteiger partial charge is 0.496 e. The van der Waals surface area contributed by atoms with Crippen LogP contribution in [0.1, 0.15) is 28.4 Å². The molecule has 4 aromatic carbocycles. The van der Waals surface area contributed by atoms with Crippen molar-refractivity contribution in [2.24, 2.45) is 4.99 Å². The van der Waals surface area contributed by atoms with Crippen molar-refractivity contribution >= 4 is 39.1 Å². The molecular formula is C32H26BrN5O. The lowest BCUT2D eigenvalue weighted by Gasteiger charge is -2.35. The number of aliphatic imine (C=N–C) groups is 1. The molecule has 192 valence electrons. The predicted molar refractivity (Wildman–Crippen MR) is 159 cm³/mol. The van der Waals surface area contributed by atoms with Gasteiger partial charge in [0.15, 0.2) is 5.82 Å². The number of ether oxygens (including phenoxy) is 1. The molecule has 0 amide bonds. The van der Waals surface area contributed by atoms with E-state index < -0.39 is 0 Å². The van der Waals surface area contributed by atoms with Crippen LogP contribution in [0.4, 0.5) is 17.2 Å². The van der Waals surface area contributed by atoms with Gasteiger partial charge in [0.25, 0.3) is 0 Å². The molecule has 5 aromatic rings. The summed E-state index contributed by atoms with van der Waals surface area (Å²) in [5.41, 5.74) is 7.47. The first kappa shape index (κ1) is 23.7. The van der Waals surface area contributed by atoms with Gasteiger partial charge >= 0.3 is 0 Å². The number of nitrogens with zero attached hydrogens (tertiary/aromatic N) is 5. The smallest absolute Gasteiger partial charge is 0.213 e. The van der Waals surface area contributed by atoms with Crippen LogP contribution < -0.4 is 14.5 Å². The number of methoxy groups -OCH3 is 1. The molecular weight excluding hydrogens is 550 g/mol. The SMILES string of the molecule is COc1ccc(Br)cc1C1c2c(C)nn(-c3ccccc3)c2N=C2N(Cc3ccccc3)c3ccccc3N21. The van der Waals surface area contributed by atoms with Crippen LogP contribution in [0.5, 0.6) is 5.75 Å². The molecule has 0 fully saturated rings. The van der Waals surface area contributed by atoms with Gasteiger partial charge in [0.1, 0.15) is 5.75 Å². The van der Waals surface area contributed by atoms with Crippen molar-refractivity contribution in [1.29, 1.82) is 0 Å². The molecule has 0 spiro atoms. The highest BCUT2D eigenvalue weighted by Crippen LogP contribution is 2.52. The Morgan fingerprint density at radius 3 is 2.28 bits per heavy atom. The second kappa shape index (κ2) is 9.43. The minimum Gasteiger partial charge on any atom is -0.496 e. The van der Waals surface area contributed by atoms with Crippen molar-refractivity contribution in [3.8, 4) is 11.4 Å². The van der Waals surface area contributed by atoms with Gasteiger partial charge in [0.05, 0.1) is 42.5 Å². The van der Waals surface area contributed by atoms with E-state index in [9.17, 15) is 0 Å². The fourth-order valence-corrected chi connectivity index (χ4v) is 6.05. The number of aryl methyl sites for hydroxylation is 1. The quantitative estimate of drug-likeness (QED) is 0.217. The van der Waals surface area contributed by atoms with Crippen molar-refractivity contribution in [2.45, 2.75) is 19.5 Å². The van der Waals surface area contributed by atoms with Crippen LogP contribution in [0.15, 0.2) is 113 Å². The highest BCUT2D eigenvalue weighted by molar-refractivity contribution is 9.10. The molecule has 0 aliphatic carbocycles. The molecule has 0 saturated heterocycles. The van der Waals surface area contributed by atoms with Crippen LogP contribution >= 0.6 is 15.9 Å². The molecule has 0 saturated carbocycles. The standard InChI is InChI=1S/C32H26BrN5O/c1-21-29-30(25-19-23(33)17-18-28(25)39-2)37-27-16-10-9-15-26(27)36(20-22-11-5-3-6-12-22)32(37)34-31(29)38(35-21)24-13-7-4-8-14-24/h3-19,30H,20H2,1-2H3. The number of rotatable bonds is 5. The third-order valence-electron chi connectivity index (χ3n) is 7.38. The molecule has 1 aromatic heterocycles. The summed E-state index contributed by atoms with van der Waals surface area (Å²) >= 11 is 3.72. The van der Waals surface area contributed by atoms with Crippen LogP contribution in [-0.2, 0) is 6.54 Å². The zero-order valence-electron chi connectivity index (χ0n) is 21.6. The molecule has 1 unspecified atom stereocenters. The molecule has 6 nitrogen and oxygen atoms in total. The molecule has 7 rings (SSSR count). The Bertz CT molecular complexity index is 1710. The lowest BCUT2D eigenvalue weighted by atomic mass is 9.94. The number of benzene rings is 4. The Labute approximate surface area is 235 Å². The zero-order valence-corrected chi connectivity index (χ0v) is 23.2. The number of aromatic nitrogens is 2. The lowest BCUT2D eigenvalue weighted by Crippen LogP contribution is -2.43. The molecule has 2 aliphatic heterocycles. The maximum atomic E-state index is 5.93. The Kier molecular flexibility index (Phi) is 5.74. The highest BCUT2D eigenvalue weighted by atomic mass is 79.9. The second-order valence-electron chi connectivity index (χ2n) is 9.70. The van der Waals surface area contributed by atoms with Crippen molar-refractivity contribution < 1.29 is 4.74 Å². The van der Waals surface area contributed by atoms with E-state index in [0.717, 1.165) is 55.9 Å². The van der Waals surface area contributed by atoms with E-state index in [1.807, 2.05) is 35.0 Å². The molecule has 0 radical (unpaired) electrons. The molecule has 0 bridgehead atoms. The van der Waals surface area contributed by atoms with Crippen molar-refractivity contribution in [1.82, 2.24) is 9.78 Å². The van der Waals surface area contributed by atoms with Crippen LogP contribution in [0.25, 0.3) is 5.69 Å². The van der Waals surface area contributed by atoms with Gasteiger partial charge < -0.3 is 9.64 Å². The van der Waals surface area contributed by atoms with Crippen LogP contribution in [-0.4, -0.2) is 22.8 Å². The number of para-hydroxylation sites is 3. The molecule has 39 heavy (non-hydrogen) atoms. The average molecular weight is 576 g/mol. The van der Waals surface area contributed by atoms with Gasteiger partial charge in [-0.25, -0.2) is 4.68 Å². The summed E-state index contributed by atoms with van der Waals surface area (Å²) in [6.07, 6.45) is 0. The van der Waals surface area contributed by atoms with Crippen molar-refractivity contribution in [3.05, 3.63) is 130 Å². The Balaban J connectivity index is 1.51. The number of halogens is 1. The minimum absolute atomic E-state index is 0.195. The molecule has 2 aliphatic rings. The second-order valence-corrected chi connectivity index (χ2v) is 10.6. The minimum atomic E-state index is -0.195. The summed E-state index contributed by atoms with van der Waals surface area (Å²) in [6, 6.07) is 35.3. The van der Waals surface area contributed by atoms with Crippen molar-refractivity contribution in [3.63, 3.8) is 0 Å². The lowest BCUT2D eigenvalue weighted by molar-refractivity contribution is 0.407. The van der Waals surface area contributed by atoms with E-state index >= 15 is 0 Å². The van der Waals surface area contributed by atoms with Crippen LogP contribution in [0.2, 0.25) is 0 Å². The van der Waals surface area contributed by atoms with E-state index in [1.165, 1.54) is 5.56 Å². The summed E-state index contributed by atoms with van der Waals surface area (Å²) in [7, 11) is 1.73. The van der Waals surface area contributed by atoms with Gasteiger partial charge in [0, 0.05) is 15.6 Å². The van der Waals surface area contributed by atoms with Crippen molar-refractivity contribution in [2.75, 3.05) is 16.9 Å². The third kappa shape index (κ3) is 3.84. The Morgan fingerprint density at radius 1 is 0.846 bits per heavy atom. The maximum absolute atomic E-state index is 5.93. The maximum Gasteiger partial charge on any atom is 0.213 e. The van der Waals surface area contributed by atoms with E-state index in [1.54, 1.807) is 7.11 Å². The van der Waals surface area contributed by atoms with E-state index in [-0.39, 0.29) is 6.04 Å². The van der Waals surface area contributed by atoms with Gasteiger partial charge in [-0.2, -0.15) is 10.1 Å². The fourth-order valence-electron chi connectivity index (χ4n) is 5.67. The van der Waals surface area contributed by atoms with E-state index in [0.29, 0.717) is 6.54 Å². The molecule has 0 N–H and O–H groups in total. The average Bonchev–Trinajstić information content (AvgIpc) is 3.47. The summed E-state index contributed by atoms with van der Waals surface area (Å²) in [4.78, 5) is 10.0. The summed E-state index contributed by atoms with van der Waals surface area (Å²) in [5, 5.41) is 5.02. The molecule has 1 atom stereocenters. The van der Waals surface area contributed by atoms with Gasteiger partial charge in [-0.1, -0.05) is 76.6 Å². The first-order valence-corrected chi connectivity index (χ1v) is 13.7. The van der Waals surface area contributed by atoms with E-state index in [4.69, 9.17) is 14.8 Å². The van der Waals surface area contributed by atoms with Gasteiger partial charge in [-0.05, 0) is 55.0 Å². The monoisotopic (exact) mass is 575 g/mol. The van der Waals surface area contributed by atoms with Gasteiger partial charge in [-0.15, -0.1) is 0 Å². The van der Waals surface area contributed by atoms with E-state index in [2.05, 4.69) is 105 Å². The fraction of sp³-hybridized carbons (Fsp3) is 0.125. The summed E-state index contributed by atoms with van der Waals surface area (Å²) in [5.74, 6) is 2.53. The number of hydrogen-bond donors (Lipinski definition) is 0. The topological polar surface area (TPSA) is 45.9 Å². The van der Waals surface area contributed by atoms with Gasteiger partial charge in [0.2, 0.25) is 5.96 Å². The Hall–Kier alpha value is -4.36. The first-order valence-electron chi connectivity index (χ1n) is 12.9. The Morgan fingerprint density at radius 2 is 1.54 bits per heavy atom.